The Bertz CT molecular complexity index is 1090. The van der Waals surface area contributed by atoms with E-state index in [0.717, 1.165) is 16.8 Å². The Labute approximate surface area is 161 Å². The molecule has 0 spiro atoms. The van der Waals surface area contributed by atoms with Crippen molar-refractivity contribution in [1.29, 1.82) is 0 Å². The predicted octanol–water partition coefficient (Wildman–Crippen LogP) is 3.95. The van der Waals surface area contributed by atoms with Crippen LogP contribution in [0.2, 0.25) is 5.02 Å². The molecule has 0 fully saturated rings. The maximum absolute atomic E-state index is 12.6. The molecule has 6 nitrogen and oxygen atoms in total. The van der Waals surface area contributed by atoms with Crippen molar-refractivity contribution in [2.45, 2.75) is 20.0 Å². The highest BCUT2D eigenvalue weighted by Crippen LogP contribution is 2.27. The second-order valence-corrected chi connectivity index (χ2v) is 6.83. The number of aryl methyl sites for hydroxylation is 2. The fraction of sp³-hybridized carbons (Fsp3) is 0.150. The van der Waals surface area contributed by atoms with Gasteiger partial charge in [0.15, 0.2) is 6.17 Å². The van der Waals surface area contributed by atoms with E-state index in [2.05, 4.69) is 15.6 Å². The van der Waals surface area contributed by atoms with Gasteiger partial charge in [-0.05, 0) is 31.5 Å². The van der Waals surface area contributed by atoms with Crippen LogP contribution in [-0.4, -0.2) is 15.5 Å². The van der Waals surface area contributed by atoms with Crippen LogP contribution in [0.25, 0.3) is 0 Å². The first kappa shape index (κ1) is 17.3. The summed E-state index contributed by atoms with van der Waals surface area (Å²) >= 11 is 6.25. The van der Waals surface area contributed by atoms with Gasteiger partial charge in [-0.2, -0.15) is 0 Å². The van der Waals surface area contributed by atoms with Gasteiger partial charge in [0, 0.05) is 11.8 Å². The minimum atomic E-state index is -0.521. The molecular weight excluding hydrogens is 362 g/mol. The lowest BCUT2D eigenvalue weighted by Gasteiger charge is -2.27. The summed E-state index contributed by atoms with van der Waals surface area (Å²) in [6.45, 7) is 3.81. The quantitative estimate of drug-likeness (QED) is 0.707. The molecule has 2 N–H and O–H groups in total. The molecule has 1 aliphatic rings. The standard InChI is InChI=1S/C20H18ClN5O/c1-12-7-9-14(10-8-12)18-24-19(23-16-6-4-3-5-15(16)21)25-20-22-13(2)11-17(27)26(18)20/h3-11,18H,1-2H3,(H2,22,23,24,25). The molecule has 1 aliphatic heterocycles. The van der Waals surface area contributed by atoms with Crippen molar-refractivity contribution < 1.29 is 0 Å². The molecule has 27 heavy (non-hydrogen) atoms. The minimum absolute atomic E-state index is 0.156. The largest absolute Gasteiger partial charge is 0.325 e. The maximum atomic E-state index is 12.6. The number of benzene rings is 2. The highest BCUT2D eigenvalue weighted by Gasteiger charge is 2.25. The van der Waals surface area contributed by atoms with Crippen LogP contribution in [0.4, 0.5) is 11.6 Å². The highest BCUT2D eigenvalue weighted by molar-refractivity contribution is 6.33. The van der Waals surface area contributed by atoms with E-state index in [-0.39, 0.29) is 5.56 Å². The summed E-state index contributed by atoms with van der Waals surface area (Å²) in [6, 6.07) is 16.9. The van der Waals surface area contributed by atoms with E-state index in [4.69, 9.17) is 16.6 Å². The molecule has 4 rings (SSSR count). The lowest BCUT2D eigenvalue weighted by atomic mass is 10.1. The highest BCUT2D eigenvalue weighted by atomic mass is 35.5. The van der Waals surface area contributed by atoms with Crippen molar-refractivity contribution in [1.82, 2.24) is 9.55 Å². The van der Waals surface area contributed by atoms with E-state index < -0.39 is 6.17 Å². The van der Waals surface area contributed by atoms with E-state index in [0.29, 0.717) is 22.6 Å². The molecular formula is C20H18ClN5O. The zero-order valence-electron chi connectivity index (χ0n) is 14.9. The Morgan fingerprint density at radius 1 is 1.11 bits per heavy atom. The molecule has 0 aliphatic carbocycles. The summed E-state index contributed by atoms with van der Waals surface area (Å²) in [6.07, 6.45) is -0.521. The molecule has 136 valence electrons. The molecule has 0 saturated carbocycles. The monoisotopic (exact) mass is 379 g/mol. The molecule has 0 amide bonds. The minimum Gasteiger partial charge on any atom is -0.325 e. The van der Waals surface area contributed by atoms with Crippen LogP contribution in [0, 0.1) is 13.8 Å². The van der Waals surface area contributed by atoms with Crippen LogP contribution >= 0.6 is 11.6 Å². The third-order valence-corrected chi connectivity index (χ3v) is 4.64. The number of nitrogens with one attached hydrogen (secondary N) is 2. The molecule has 1 aromatic heterocycles. The smallest absolute Gasteiger partial charge is 0.257 e. The van der Waals surface area contributed by atoms with Gasteiger partial charge in [-0.25, -0.2) is 9.98 Å². The van der Waals surface area contributed by atoms with Gasteiger partial charge in [-0.3, -0.25) is 14.7 Å². The molecule has 0 saturated heterocycles. The van der Waals surface area contributed by atoms with Crippen LogP contribution < -0.4 is 16.2 Å². The number of hydrogen-bond acceptors (Lipinski definition) is 5. The van der Waals surface area contributed by atoms with E-state index in [9.17, 15) is 4.79 Å². The Morgan fingerprint density at radius 3 is 2.59 bits per heavy atom. The molecule has 3 aromatic rings. The van der Waals surface area contributed by atoms with Gasteiger partial charge >= 0.3 is 0 Å². The van der Waals surface area contributed by atoms with E-state index in [1.165, 1.54) is 6.07 Å². The molecule has 1 atom stereocenters. The normalized spacial score (nSPS) is 15.5. The number of guanidine groups is 1. The first-order valence-electron chi connectivity index (χ1n) is 8.54. The van der Waals surface area contributed by atoms with Crippen molar-refractivity contribution in [3.05, 3.63) is 86.8 Å². The Morgan fingerprint density at radius 2 is 1.85 bits per heavy atom. The summed E-state index contributed by atoms with van der Waals surface area (Å²) in [7, 11) is 0. The van der Waals surface area contributed by atoms with Crippen molar-refractivity contribution in [2.75, 3.05) is 10.6 Å². The van der Waals surface area contributed by atoms with E-state index in [1.54, 1.807) is 17.6 Å². The van der Waals surface area contributed by atoms with Crippen LogP contribution in [0.3, 0.4) is 0 Å². The summed E-state index contributed by atoms with van der Waals surface area (Å²) in [5.74, 6) is 0.918. The van der Waals surface area contributed by atoms with Gasteiger partial charge in [-0.1, -0.05) is 53.6 Å². The van der Waals surface area contributed by atoms with Crippen LogP contribution in [0.15, 0.2) is 64.4 Å². The van der Waals surface area contributed by atoms with Crippen molar-refractivity contribution >= 4 is 29.2 Å². The number of nitrogens with zero attached hydrogens (tertiary/aromatic N) is 3. The number of anilines is 2. The van der Waals surface area contributed by atoms with Crippen LogP contribution in [0.1, 0.15) is 23.0 Å². The third-order valence-electron chi connectivity index (χ3n) is 4.31. The van der Waals surface area contributed by atoms with Gasteiger partial charge in [0.1, 0.15) is 0 Å². The molecule has 0 bridgehead atoms. The Balaban J connectivity index is 1.81. The number of hydrogen-bond donors (Lipinski definition) is 2. The second kappa shape index (κ2) is 6.89. The van der Waals surface area contributed by atoms with Gasteiger partial charge in [0.05, 0.1) is 10.7 Å². The average Bonchev–Trinajstić information content (AvgIpc) is 2.63. The number of aromatic nitrogens is 2. The van der Waals surface area contributed by atoms with Crippen LogP contribution in [0.5, 0.6) is 0 Å². The molecule has 7 heteroatoms. The first-order chi connectivity index (χ1) is 13.0. The molecule has 1 unspecified atom stereocenters. The van der Waals surface area contributed by atoms with Crippen LogP contribution in [-0.2, 0) is 0 Å². The zero-order valence-corrected chi connectivity index (χ0v) is 15.7. The summed E-state index contributed by atoms with van der Waals surface area (Å²) < 4.78 is 1.55. The Hall–Kier alpha value is -3.12. The number of fused-ring (bicyclic) bond motifs is 1. The summed E-state index contributed by atoms with van der Waals surface area (Å²) in [5, 5.41) is 6.87. The van der Waals surface area contributed by atoms with Gasteiger partial charge in [-0.15, -0.1) is 0 Å². The van der Waals surface area contributed by atoms with Gasteiger partial charge < -0.3 is 5.32 Å². The average molecular weight is 380 g/mol. The number of para-hydroxylation sites is 1. The lowest BCUT2D eigenvalue weighted by Crippen LogP contribution is -2.37. The zero-order chi connectivity index (χ0) is 19.0. The molecule has 0 radical (unpaired) electrons. The van der Waals surface area contributed by atoms with E-state index >= 15 is 0 Å². The van der Waals surface area contributed by atoms with Crippen molar-refractivity contribution in [2.24, 2.45) is 4.99 Å². The second-order valence-electron chi connectivity index (χ2n) is 6.42. The first-order valence-corrected chi connectivity index (χ1v) is 8.92. The SMILES string of the molecule is Cc1ccc(C2N=C(Nc3ccccc3Cl)Nc3nc(C)cc(=O)n32)cc1. The molecule has 2 aromatic carbocycles. The van der Waals surface area contributed by atoms with E-state index in [1.807, 2.05) is 49.4 Å². The fourth-order valence-electron chi connectivity index (χ4n) is 2.96. The van der Waals surface area contributed by atoms with Crippen molar-refractivity contribution in [3.63, 3.8) is 0 Å². The topological polar surface area (TPSA) is 71.3 Å². The molecule has 2 heterocycles. The third kappa shape index (κ3) is 3.44. The summed E-state index contributed by atoms with van der Waals surface area (Å²) in [4.78, 5) is 21.8. The summed E-state index contributed by atoms with van der Waals surface area (Å²) in [5.41, 5.74) is 3.24. The fourth-order valence-corrected chi connectivity index (χ4v) is 3.15. The predicted molar refractivity (Wildman–Crippen MR) is 109 cm³/mol. The lowest BCUT2D eigenvalue weighted by molar-refractivity contribution is 0.577. The van der Waals surface area contributed by atoms with Gasteiger partial charge in [0.2, 0.25) is 11.9 Å². The van der Waals surface area contributed by atoms with Gasteiger partial charge in [0.25, 0.3) is 5.56 Å². The maximum Gasteiger partial charge on any atom is 0.257 e. The number of halogens is 1. The number of aliphatic imine (C=N–C) groups is 1. The number of rotatable bonds is 2. The Kier molecular flexibility index (Phi) is 4.41. The van der Waals surface area contributed by atoms with Crippen molar-refractivity contribution in [3.8, 4) is 0 Å².